The lowest BCUT2D eigenvalue weighted by Crippen LogP contribution is -2.33. The number of ether oxygens (including phenoxy) is 1. The van der Waals surface area contributed by atoms with Crippen LogP contribution in [0.15, 0.2) is 46.7 Å². The largest absolute Gasteiger partial charge is 0.469 e. The molecule has 30 heavy (non-hydrogen) atoms. The quantitative estimate of drug-likeness (QED) is 0.549. The van der Waals surface area contributed by atoms with Crippen molar-refractivity contribution in [2.75, 3.05) is 26.7 Å². The van der Waals surface area contributed by atoms with Crippen molar-refractivity contribution >= 4 is 33.2 Å². The highest BCUT2D eigenvalue weighted by Crippen LogP contribution is 2.28. The molecule has 7 nitrogen and oxygen atoms in total. The van der Waals surface area contributed by atoms with Gasteiger partial charge < -0.3 is 9.64 Å². The Morgan fingerprint density at radius 1 is 1.10 bits per heavy atom. The number of thiophene rings is 1. The normalized spacial score (nSPS) is 14.6. The van der Waals surface area contributed by atoms with Crippen LogP contribution in [0.2, 0.25) is 0 Å². The molecule has 0 radical (unpaired) electrons. The molecular weight excluding hydrogens is 424 g/mol. The first-order valence-electron chi connectivity index (χ1n) is 9.87. The van der Waals surface area contributed by atoms with E-state index in [0.29, 0.717) is 24.5 Å². The van der Waals surface area contributed by atoms with Gasteiger partial charge in [-0.25, -0.2) is 8.42 Å². The molecule has 2 aromatic rings. The fourth-order valence-electron chi connectivity index (χ4n) is 3.33. The summed E-state index contributed by atoms with van der Waals surface area (Å²) in [5.74, 6) is -0.536. The van der Waals surface area contributed by atoms with E-state index in [4.69, 9.17) is 4.74 Å². The Kier molecular flexibility index (Phi) is 7.63. The summed E-state index contributed by atoms with van der Waals surface area (Å²) >= 11 is 1.14. The van der Waals surface area contributed by atoms with Gasteiger partial charge in [0.15, 0.2) is 0 Å². The standard InChI is InChI=1S/C21H26N2O5S2/c1-28-20(25)11-14-22(16-17-7-3-2-4-8-17)19(24)15-18-9-10-21(29-18)30(26,27)23-12-5-6-13-23/h2-4,7-10H,5-6,11-16H2,1H3. The molecule has 0 aliphatic carbocycles. The van der Waals surface area contributed by atoms with Crippen molar-refractivity contribution in [1.82, 2.24) is 9.21 Å². The molecule has 2 heterocycles. The van der Waals surface area contributed by atoms with Crippen LogP contribution in [0.25, 0.3) is 0 Å². The lowest BCUT2D eigenvalue weighted by atomic mass is 10.2. The minimum atomic E-state index is -3.48. The summed E-state index contributed by atoms with van der Waals surface area (Å²) < 4.78 is 31.9. The van der Waals surface area contributed by atoms with Crippen LogP contribution in [0, 0.1) is 0 Å². The van der Waals surface area contributed by atoms with Gasteiger partial charge in [-0.15, -0.1) is 11.3 Å². The molecule has 1 fully saturated rings. The number of hydrogen-bond acceptors (Lipinski definition) is 6. The van der Waals surface area contributed by atoms with E-state index in [0.717, 1.165) is 29.7 Å². The van der Waals surface area contributed by atoms with Gasteiger partial charge in [-0.3, -0.25) is 9.59 Å². The molecule has 1 aliphatic heterocycles. The zero-order valence-electron chi connectivity index (χ0n) is 17.0. The first kappa shape index (κ1) is 22.5. The van der Waals surface area contributed by atoms with Crippen LogP contribution in [0.1, 0.15) is 29.7 Å². The highest BCUT2D eigenvalue weighted by atomic mass is 32.2. The molecule has 1 aromatic heterocycles. The molecule has 3 rings (SSSR count). The van der Waals surface area contributed by atoms with Gasteiger partial charge in [0.25, 0.3) is 10.0 Å². The maximum Gasteiger partial charge on any atom is 0.307 e. The first-order chi connectivity index (χ1) is 14.4. The molecule has 1 aliphatic rings. The molecule has 1 amide bonds. The predicted molar refractivity (Wildman–Crippen MR) is 115 cm³/mol. The summed E-state index contributed by atoms with van der Waals surface area (Å²) in [4.78, 5) is 26.8. The number of carbonyl (C=O) groups is 2. The van der Waals surface area contributed by atoms with Crippen molar-refractivity contribution in [3.05, 3.63) is 52.9 Å². The molecule has 162 valence electrons. The Morgan fingerprint density at radius 3 is 2.47 bits per heavy atom. The van der Waals surface area contributed by atoms with E-state index >= 15 is 0 Å². The lowest BCUT2D eigenvalue weighted by Gasteiger charge is -2.22. The summed E-state index contributed by atoms with van der Waals surface area (Å²) in [5.41, 5.74) is 0.958. The third kappa shape index (κ3) is 5.68. The molecule has 9 heteroatoms. The Labute approximate surface area is 181 Å². The average Bonchev–Trinajstić information content (AvgIpc) is 3.44. The maximum atomic E-state index is 13.0. The van der Waals surface area contributed by atoms with Gasteiger partial charge in [0.05, 0.1) is 20.0 Å². The molecule has 0 N–H and O–H groups in total. The maximum absolute atomic E-state index is 13.0. The fourth-order valence-corrected chi connectivity index (χ4v) is 6.35. The van der Waals surface area contributed by atoms with Crippen LogP contribution in [-0.4, -0.2) is 56.2 Å². The summed E-state index contributed by atoms with van der Waals surface area (Å²) in [6.45, 7) is 1.71. The Bertz CT molecular complexity index is 966. The number of hydrogen-bond donors (Lipinski definition) is 0. The van der Waals surface area contributed by atoms with Crippen LogP contribution >= 0.6 is 11.3 Å². The summed E-state index contributed by atoms with van der Waals surface area (Å²) in [7, 11) is -2.16. The fraction of sp³-hybridized carbons (Fsp3) is 0.429. The van der Waals surface area contributed by atoms with Crippen molar-refractivity contribution in [3.8, 4) is 0 Å². The van der Waals surface area contributed by atoms with E-state index < -0.39 is 10.0 Å². The Hall–Kier alpha value is -2.23. The second-order valence-electron chi connectivity index (χ2n) is 7.14. The van der Waals surface area contributed by atoms with Crippen molar-refractivity contribution in [2.24, 2.45) is 0 Å². The first-order valence-corrected chi connectivity index (χ1v) is 12.1. The third-order valence-electron chi connectivity index (χ3n) is 5.00. The van der Waals surface area contributed by atoms with Crippen molar-refractivity contribution in [1.29, 1.82) is 0 Å². The topological polar surface area (TPSA) is 84.0 Å². The SMILES string of the molecule is COC(=O)CCN(Cc1ccccc1)C(=O)Cc1ccc(S(=O)(=O)N2CCCC2)s1. The predicted octanol–water partition coefficient (Wildman–Crippen LogP) is 2.67. The summed E-state index contributed by atoms with van der Waals surface area (Å²) in [6, 6.07) is 12.8. The zero-order chi connectivity index (χ0) is 21.6. The van der Waals surface area contributed by atoms with Gasteiger partial charge in [0.2, 0.25) is 5.91 Å². The third-order valence-corrected chi connectivity index (χ3v) is 8.46. The second-order valence-corrected chi connectivity index (χ2v) is 10.5. The van der Waals surface area contributed by atoms with Crippen LogP contribution in [0.3, 0.4) is 0 Å². The minimum Gasteiger partial charge on any atom is -0.469 e. The lowest BCUT2D eigenvalue weighted by molar-refractivity contribution is -0.141. The number of sulfonamides is 1. The van der Waals surface area contributed by atoms with Gasteiger partial charge in [-0.2, -0.15) is 4.31 Å². The van der Waals surface area contributed by atoms with Crippen LogP contribution < -0.4 is 0 Å². The number of benzene rings is 1. The molecule has 0 atom stereocenters. The molecular formula is C21H26N2O5S2. The highest BCUT2D eigenvalue weighted by molar-refractivity contribution is 7.91. The molecule has 0 unspecified atom stereocenters. The zero-order valence-corrected chi connectivity index (χ0v) is 18.6. The van der Waals surface area contributed by atoms with Gasteiger partial charge in [0, 0.05) is 31.1 Å². The van der Waals surface area contributed by atoms with Crippen molar-refractivity contribution in [3.63, 3.8) is 0 Å². The molecule has 0 saturated carbocycles. The number of methoxy groups -OCH3 is 1. The number of carbonyl (C=O) groups excluding carboxylic acids is 2. The second kappa shape index (κ2) is 10.2. The molecule has 1 aromatic carbocycles. The van der Waals surface area contributed by atoms with E-state index in [1.807, 2.05) is 30.3 Å². The van der Waals surface area contributed by atoms with E-state index in [1.165, 1.54) is 11.4 Å². The van der Waals surface area contributed by atoms with E-state index in [1.54, 1.807) is 17.0 Å². The van der Waals surface area contributed by atoms with E-state index in [9.17, 15) is 18.0 Å². The van der Waals surface area contributed by atoms with E-state index in [2.05, 4.69) is 0 Å². The van der Waals surface area contributed by atoms with Crippen molar-refractivity contribution < 1.29 is 22.7 Å². The number of esters is 1. The molecule has 1 saturated heterocycles. The molecule has 0 spiro atoms. The highest BCUT2D eigenvalue weighted by Gasteiger charge is 2.29. The Morgan fingerprint density at radius 2 is 1.80 bits per heavy atom. The van der Waals surface area contributed by atoms with Gasteiger partial charge in [0.1, 0.15) is 4.21 Å². The smallest absolute Gasteiger partial charge is 0.307 e. The summed E-state index contributed by atoms with van der Waals surface area (Å²) in [6.07, 6.45) is 1.96. The van der Waals surface area contributed by atoms with E-state index in [-0.39, 0.29) is 35.5 Å². The summed E-state index contributed by atoms with van der Waals surface area (Å²) in [5, 5.41) is 0. The van der Waals surface area contributed by atoms with Crippen LogP contribution in [0.4, 0.5) is 0 Å². The number of rotatable bonds is 9. The van der Waals surface area contributed by atoms with Gasteiger partial charge in [-0.1, -0.05) is 30.3 Å². The minimum absolute atomic E-state index is 0.0915. The van der Waals surface area contributed by atoms with Crippen molar-refractivity contribution in [2.45, 2.75) is 36.4 Å². The van der Waals surface area contributed by atoms with Crippen LogP contribution in [-0.2, 0) is 37.3 Å². The van der Waals surface area contributed by atoms with Gasteiger partial charge in [-0.05, 0) is 30.5 Å². The number of nitrogens with zero attached hydrogens (tertiary/aromatic N) is 2. The Balaban J connectivity index is 1.70. The monoisotopic (exact) mass is 450 g/mol. The van der Waals surface area contributed by atoms with Gasteiger partial charge >= 0.3 is 5.97 Å². The van der Waals surface area contributed by atoms with Crippen LogP contribution in [0.5, 0.6) is 0 Å². The average molecular weight is 451 g/mol. The number of amides is 1. The molecule has 0 bridgehead atoms.